The zero-order chi connectivity index (χ0) is 15.9. The topological polar surface area (TPSA) is 77.5 Å². The van der Waals surface area contributed by atoms with Crippen molar-refractivity contribution in [1.29, 1.82) is 0 Å². The number of carbonyl (C=O) groups is 2. The molecule has 0 spiro atoms. The lowest BCUT2D eigenvalue weighted by Crippen LogP contribution is -2.13. The van der Waals surface area contributed by atoms with Crippen molar-refractivity contribution in [3.63, 3.8) is 0 Å². The second kappa shape index (κ2) is 7.93. The first kappa shape index (κ1) is 17.4. The predicted octanol–water partition coefficient (Wildman–Crippen LogP) is 2.40. The SMILES string of the molecule is CCCC(=O)c1ccc(S(=O)(=O)CCC(=O)OCC)cc1. The van der Waals surface area contributed by atoms with Crippen LogP contribution in [0.1, 0.15) is 43.5 Å². The third-order valence-electron chi connectivity index (χ3n) is 2.89. The van der Waals surface area contributed by atoms with E-state index in [4.69, 9.17) is 4.74 Å². The first-order valence-corrected chi connectivity index (χ1v) is 8.57. The Bertz CT molecular complexity index is 587. The van der Waals surface area contributed by atoms with Crippen molar-refractivity contribution in [1.82, 2.24) is 0 Å². The molecule has 6 heteroatoms. The van der Waals surface area contributed by atoms with Crippen LogP contribution in [0.4, 0.5) is 0 Å². The maximum Gasteiger partial charge on any atom is 0.306 e. The Morgan fingerprint density at radius 1 is 1.05 bits per heavy atom. The Labute approximate surface area is 125 Å². The molecule has 0 N–H and O–H groups in total. The van der Waals surface area contributed by atoms with E-state index in [1.807, 2.05) is 6.92 Å². The highest BCUT2D eigenvalue weighted by molar-refractivity contribution is 7.91. The molecule has 0 radical (unpaired) electrons. The van der Waals surface area contributed by atoms with Gasteiger partial charge in [0.15, 0.2) is 15.6 Å². The van der Waals surface area contributed by atoms with Gasteiger partial charge in [-0.3, -0.25) is 9.59 Å². The average Bonchev–Trinajstić information content (AvgIpc) is 2.46. The Morgan fingerprint density at radius 3 is 2.19 bits per heavy atom. The molecule has 0 fully saturated rings. The van der Waals surface area contributed by atoms with Crippen molar-refractivity contribution in [3.05, 3.63) is 29.8 Å². The second-order valence-corrected chi connectivity index (χ2v) is 6.68. The molecule has 0 amide bonds. The third-order valence-corrected chi connectivity index (χ3v) is 4.62. The van der Waals surface area contributed by atoms with Gasteiger partial charge in [-0.05, 0) is 25.5 Å². The van der Waals surface area contributed by atoms with Crippen LogP contribution in [-0.4, -0.2) is 32.5 Å². The summed E-state index contributed by atoms with van der Waals surface area (Å²) in [6.07, 6.45) is 1.01. The number of hydrogen-bond acceptors (Lipinski definition) is 5. The molecule has 0 saturated carbocycles. The molecule has 0 aliphatic rings. The van der Waals surface area contributed by atoms with Gasteiger partial charge < -0.3 is 4.74 Å². The number of sulfone groups is 1. The molecule has 0 heterocycles. The van der Waals surface area contributed by atoms with E-state index in [1.165, 1.54) is 24.3 Å². The van der Waals surface area contributed by atoms with Crippen molar-refractivity contribution in [2.75, 3.05) is 12.4 Å². The Morgan fingerprint density at radius 2 is 1.67 bits per heavy atom. The second-order valence-electron chi connectivity index (χ2n) is 4.57. The average molecular weight is 312 g/mol. The summed E-state index contributed by atoms with van der Waals surface area (Å²) in [6.45, 7) is 3.80. The zero-order valence-electron chi connectivity index (χ0n) is 12.3. The van der Waals surface area contributed by atoms with Gasteiger partial charge in [0.05, 0.1) is 23.7 Å². The minimum absolute atomic E-state index is 0.00651. The molecule has 5 nitrogen and oxygen atoms in total. The molecule has 0 aliphatic carbocycles. The minimum Gasteiger partial charge on any atom is -0.466 e. The number of ether oxygens (including phenoxy) is 1. The van der Waals surface area contributed by atoms with Crippen LogP contribution in [0.3, 0.4) is 0 Å². The van der Waals surface area contributed by atoms with Crippen molar-refractivity contribution in [2.45, 2.75) is 38.0 Å². The molecule has 21 heavy (non-hydrogen) atoms. The highest BCUT2D eigenvalue weighted by Crippen LogP contribution is 2.15. The number of rotatable bonds is 8. The molecular weight excluding hydrogens is 292 g/mol. The number of hydrogen-bond donors (Lipinski definition) is 0. The molecule has 1 aromatic rings. The summed E-state index contributed by atoms with van der Waals surface area (Å²) >= 11 is 0. The number of ketones is 1. The van der Waals surface area contributed by atoms with Crippen LogP contribution in [-0.2, 0) is 19.4 Å². The Hall–Kier alpha value is -1.69. The third kappa shape index (κ3) is 5.30. The van der Waals surface area contributed by atoms with E-state index in [0.717, 1.165) is 6.42 Å². The highest BCUT2D eigenvalue weighted by Gasteiger charge is 2.17. The molecule has 1 rings (SSSR count). The first-order chi connectivity index (χ1) is 9.90. The molecule has 0 unspecified atom stereocenters. The lowest BCUT2D eigenvalue weighted by atomic mass is 10.1. The summed E-state index contributed by atoms with van der Waals surface area (Å²) in [4.78, 5) is 23.0. The summed E-state index contributed by atoms with van der Waals surface area (Å²) in [6, 6.07) is 5.83. The minimum atomic E-state index is -3.54. The van der Waals surface area contributed by atoms with Gasteiger partial charge in [-0.1, -0.05) is 19.1 Å². The van der Waals surface area contributed by atoms with Crippen molar-refractivity contribution < 1.29 is 22.7 Å². The Kier molecular flexibility index (Phi) is 6.55. The van der Waals surface area contributed by atoms with Crippen LogP contribution < -0.4 is 0 Å². The molecule has 0 aromatic heterocycles. The molecule has 0 saturated heterocycles. The smallest absolute Gasteiger partial charge is 0.306 e. The fourth-order valence-electron chi connectivity index (χ4n) is 1.79. The van der Waals surface area contributed by atoms with Gasteiger partial charge in [0.2, 0.25) is 0 Å². The quantitative estimate of drug-likeness (QED) is 0.544. The summed E-state index contributed by atoms with van der Waals surface area (Å²) in [5.41, 5.74) is 0.501. The predicted molar refractivity (Wildman–Crippen MR) is 79.0 cm³/mol. The van der Waals surface area contributed by atoms with E-state index in [0.29, 0.717) is 12.0 Å². The van der Waals surface area contributed by atoms with Crippen molar-refractivity contribution in [3.8, 4) is 0 Å². The van der Waals surface area contributed by atoms with E-state index >= 15 is 0 Å². The van der Waals surface area contributed by atoms with E-state index in [1.54, 1.807) is 6.92 Å². The van der Waals surface area contributed by atoms with Gasteiger partial charge in [-0.25, -0.2) is 8.42 Å². The monoisotopic (exact) mass is 312 g/mol. The lowest BCUT2D eigenvalue weighted by molar-refractivity contribution is -0.142. The van der Waals surface area contributed by atoms with Gasteiger partial charge in [0.1, 0.15) is 0 Å². The normalized spacial score (nSPS) is 11.1. The summed E-state index contributed by atoms with van der Waals surface area (Å²) in [5.74, 6) is -0.836. The number of esters is 1. The fourth-order valence-corrected chi connectivity index (χ4v) is 3.01. The number of carbonyl (C=O) groups excluding carboxylic acids is 2. The molecular formula is C15H20O5S. The standard InChI is InChI=1S/C15H20O5S/c1-3-5-14(16)12-6-8-13(9-7-12)21(18,19)11-10-15(17)20-4-2/h6-9H,3-5,10-11H2,1-2H3. The fraction of sp³-hybridized carbons (Fsp3) is 0.467. The van der Waals surface area contributed by atoms with Crippen LogP contribution in [0, 0.1) is 0 Å². The van der Waals surface area contributed by atoms with Crippen LogP contribution in [0.2, 0.25) is 0 Å². The molecule has 1 aromatic carbocycles. The van der Waals surface area contributed by atoms with Crippen LogP contribution in [0.5, 0.6) is 0 Å². The maximum absolute atomic E-state index is 12.1. The van der Waals surface area contributed by atoms with Crippen LogP contribution >= 0.6 is 0 Å². The van der Waals surface area contributed by atoms with Crippen molar-refractivity contribution >= 4 is 21.6 Å². The number of Topliss-reactive ketones (excluding diaryl/α,β-unsaturated/α-hetero) is 1. The van der Waals surface area contributed by atoms with Gasteiger partial charge in [0, 0.05) is 12.0 Å². The van der Waals surface area contributed by atoms with Gasteiger partial charge >= 0.3 is 5.97 Å². The molecule has 0 atom stereocenters. The van der Waals surface area contributed by atoms with Crippen molar-refractivity contribution in [2.24, 2.45) is 0 Å². The zero-order valence-corrected chi connectivity index (χ0v) is 13.1. The van der Waals surface area contributed by atoms with Gasteiger partial charge in [-0.15, -0.1) is 0 Å². The summed E-state index contributed by atoms with van der Waals surface area (Å²) < 4.78 is 28.8. The van der Waals surface area contributed by atoms with E-state index in [2.05, 4.69) is 0 Å². The molecule has 0 aliphatic heterocycles. The van der Waals surface area contributed by atoms with Gasteiger partial charge in [0.25, 0.3) is 0 Å². The van der Waals surface area contributed by atoms with Crippen LogP contribution in [0.15, 0.2) is 29.2 Å². The van der Waals surface area contributed by atoms with Crippen LogP contribution in [0.25, 0.3) is 0 Å². The van der Waals surface area contributed by atoms with E-state index in [-0.39, 0.29) is 29.5 Å². The van der Waals surface area contributed by atoms with Gasteiger partial charge in [-0.2, -0.15) is 0 Å². The van der Waals surface area contributed by atoms with E-state index in [9.17, 15) is 18.0 Å². The lowest BCUT2D eigenvalue weighted by Gasteiger charge is -2.06. The first-order valence-electron chi connectivity index (χ1n) is 6.92. The maximum atomic E-state index is 12.1. The summed E-state index contributed by atoms with van der Waals surface area (Å²) in [5, 5.41) is 0. The number of benzene rings is 1. The summed E-state index contributed by atoms with van der Waals surface area (Å²) in [7, 11) is -3.54. The van der Waals surface area contributed by atoms with E-state index < -0.39 is 15.8 Å². The highest BCUT2D eigenvalue weighted by atomic mass is 32.2. The molecule has 0 bridgehead atoms. The Balaban J connectivity index is 2.76. The largest absolute Gasteiger partial charge is 0.466 e. The molecule has 116 valence electrons.